The van der Waals surface area contributed by atoms with Crippen molar-refractivity contribution < 1.29 is 9.53 Å². The fraction of sp³-hybridized carbons (Fsp3) is 0.407. The van der Waals surface area contributed by atoms with Crippen LogP contribution < -0.4 is 5.32 Å². The van der Waals surface area contributed by atoms with E-state index in [9.17, 15) is 4.79 Å². The first-order valence-electron chi connectivity index (χ1n) is 11.8. The van der Waals surface area contributed by atoms with Gasteiger partial charge in [0.05, 0.1) is 18.3 Å². The van der Waals surface area contributed by atoms with Crippen molar-refractivity contribution in [1.82, 2.24) is 10.3 Å². The van der Waals surface area contributed by atoms with Crippen molar-refractivity contribution in [2.24, 2.45) is 11.0 Å². The van der Waals surface area contributed by atoms with Gasteiger partial charge in [0.25, 0.3) is 5.91 Å². The van der Waals surface area contributed by atoms with E-state index in [4.69, 9.17) is 9.84 Å². The van der Waals surface area contributed by atoms with Gasteiger partial charge in [0.15, 0.2) is 0 Å². The zero-order valence-electron chi connectivity index (χ0n) is 18.9. The van der Waals surface area contributed by atoms with Crippen LogP contribution in [0.25, 0.3) is 6.08 Å². The first-order chi connectivity index (χ1) is 15.8. The van der Waals surface area contributed by atoms with Gasteiger partial charge in [0.1, 0.15) is 0 Å². The molecule has 1 saturated carbocycles. The van der Waals surface area contributed by atoms with Crippen molar-refractivity contribution >= 4 is 17.7 Å². The summed E-state index contributed by atoms with van der Waals surface area (Å²) < 4.78 is 5.38. The van der Waals surface area contributed by atoms with Gasteiger partial charge >= 0.3 is 0 Å². The summed E-state index contributed by atoms with van der Waals surface area (Å²) in [6, 6.07) is 20.7. The number of nitrogens with one attached hydrogen (secondary N) is 1. The molecule has 1 amide bonds. The molecule has 2 aromatic carbocycles. The van der Waals surface area contributed by atoms with Crippen molar-refractivity contribution in [1.29, 1.82) is 0 Å². The van der Waals surface area contributed by atoms with Gasteiger partial charge in [0, 0.05) is 19.1 Å². The third-order valence-electron chi connectivity index (χ3n) is 6.16. The van der Waals surface area contributed by atoms with Gasteiger partial charge in [0.2, 0.25) is 0 Å². The number of hydrogen-bond donors (Lipinski definition) is 1. The normalized spacial score (nSPS) is 21.5. The minimum Gasteiger partial charge on any atom is -0.382 e. The highest BCUT2D eigenvalue weighted by Gasteiger charge is 2.43. The van der Waals surface area contributed by atoms with E-state index in [0.717, 1.165) is 50.1 Å². The summed E-state index contributed by atoms with van der Waals surface area (Å²) in [5, 5.41) is 9.96. The Kier molecular flexibility index (Phi) is 7.86. The molecule has 1 N–H and O–H groups in total. The van der Waals surface area contributed by atoms with E-state index >= 15 is 0 Å². The monoisotopic (exact) mass is 431 g/mol. The second kappa shape index (κ2) is 11.2. The summed E-state index contributed by atoms with van der Waals surface area (Å²) in [4.78, 5) is 13.2. The van der Waals surface area contributed by atoms with Crippen LogP contribution in [0.4, 0.5) is 0 Å². The van der Waals surface area contributed by atoms with Gasteiger partial charge in [-0.15, -0.1) is 0 Å². The van der Waals surface area contributed by atoms with Gasteiger partial charge in [-0.3, -0.25) is 4.79 Å². The van der Waals surface area contributed by atoms with E-state index in [2.05, 4.69) is 47.8 Å². The zero-order valence-corrected chi connectivity index (χ0v) is 18.9. The number of fused-ring (bicyclic) bond motifs is 1. The quantitative estimate of drug-likeness (QED) is 0.579. The molecule has 0 spiro atoms. The minimum atomic E-state index is -0.0385. The van der Waals surface area contributed by atoms with Crippen molar-refractivity contribution in [2.75, 3.05) is 26.3 Å². The van der Waals surface area contributed by atoms with E-state index in [1.54, 1.807) is 5.01 Å². The highest BCUT2D eigenvalue weighted by atomic mass is 16.5. The van der Waals surface area contributed by atoms with E-state index in [1.807, 2.05) is 31.2 Å². The topological polar surface area (TPSA) is 53.9 Å². The molecule has 0 bridgehead atoms. The first-order valence-corrected chi connectivity index (χ1v) is 11.8. The second-order valence-corrected chi connectivity index (χ2v) is 8.39. The lowest BCUT2D eigenvalue weighted by atomic mass is 9.77. The molecule has 168 valence electrons. The first kappa shape index (κ1) is 22.4. The van der Waals surface area contributed by atoms with Crippen LogP contribution in [-0.4, -0.2) is 42.9 Å². The number of hydrogen-bond acceptors (Lipinski definition) is 4. The van der Waals surface area contributed by atoms with Crippen LogP contribution in [0.5, 0.6) is 0 Å². The van der Waals surface area contributed by atoms with E-state index in [-0.39, 0.29) is 24.4 Å². The Morgan fingerprint density at radius 2 is 1.91 bits per heavy atom. The number of carbonyl (C=O) groups excluding carboxylic acids is 1. The molecule has 2 aromatic rings. The summed E-state index contributed by atoms with van der Waals surface area (Å²) in [6.45, 7) is 4.48. The number of rotatable bonds is 9. The summed E-state index contributed by atoms with van der Waals surface area (Å²) in [7, 11) is 0. The predicted octanol–water partition coefficient (Wildman–Crippen LogP) is 4.83. The van der Waals surface area contributed by atoms with Gasteiger partial charge in [-0.25, -0.2) is 5.01 Å². The smallest absolute Gasteiger partial charge is 0.257 e. The predicted molar refractivity (Wildman–Crippen MR) is 129 cm³/mol. The molecular formula is C27H33N3O2. The highest BCUT2D eigenvalue weighted by Crippen LogP contribution is 2.44. The maximum atomic E-state index is 13.2. The van der Waals surface area contributed by atoms with Crippen LogP contribution in [0.1, 0.15) is 49.8 Å². The highest BCUT2D eigenvalue weighted by molar-refractivity contribution is 6.08. The lowest BCUT2D eigenvalue weighted by molar-refractivity contribution is -0.132. The lowest BCUT2D eigenvalue weighted by Crippen LogP contribution is -2.37. The second-order valence-electron chi connectivity index (χ2n) is 8.39. The van der Waals surface area contributed by atoms with Crippen LogP contribution in [-0.2, 0) is 9.53 Å². The lowest BCUT2D eigenvalue weighted by Gasteiger charge is -2.29. The van der Waals surface area contributed by atoms with Gasteiger partial charge in [-0.05, 0) is 61.9 Å². The molecule has 1 fully saturated rings. The fourth-order valence-corrected chi connectivity index (χ4v) is 4.66. The molecule has 1 heterocycles. The number of carbonyl (C=O) groups is 1. The molecule has 0 radical (unpaired) electrons. The largest absolute Gasteiger partial charge is 0.382 e. The summed E-state index contributed by atoms with van der Waals surface area (Å²) in [5.74, 6) is 0.263. The standard InChI is InChI=1S/C27H33N3O2/c1-2-32-18-10-17-28-20-25(31)30-27(22-13-7-4-8-14-22)24-16-9-15-23(26(24)29-30)19-21-11-5-3-6-12-21/h3-8,11-14,19,24,27-28H,2,9-10,15-18,20H2,1H3/b23-19-. The SMILES string of the molecule is CCOCCCNCC(=O)N1N=C2/C(=C\c3ccccc3)CCCC2C1c1ccccc1. The number of benzene rings is 2. The number of allylic oxidation sites excluding steroid dienone is 1. The fourth-order valence-electron chi connectivity index (χ4n) is 4.66. The molecule has 1 aliphatic carbocycles. The average molecular weight is 432 g/mol. The minimum absolute atomic E-state index is 0.0243. The molecule has 2 unspecified atom stereocenters. The average Bonchev–Trinajstić information content (AvgIpc) is 3.23. The third kappa shape index (κ3) is 5.34. The molecule has 2 aliphatic rings. The van der Waals surface area contributed by atoms with Crippen molar-refractivity contribution in [3.05, 3.63) is 77.4 Å². The van der Waals surface area contributed by atoms with Crippen LogP contribution in [0.15, 0.2) is 71.3 Å². The molecule has 4 rings (SSSR count). The summed E-state index contributed by atoms with van der Waals surface area (Å²) in [5.41, 5.74) is 4.68. The molecule has 1 aliphatic heterocycles. The third-order valence-corrected chi connectivity index (χ3v) is 6.16. The molecule has 5 heteroatoms. The van der Waals surface area contributed by atoms with Crippen LogP contribution in [0, 0.1) is 5.92 Å². The number of ether oxygens (including phenoxy) is 1. The molecule has 5 nitrogen and oxygen atoms in total. The van der Waals surface area contributed by atoms with Crippen molar-refractivity contribution in [3.63, 3.8) is 0 Å². The maximum absolute atomic E-state index is 13.2. The van der Waals surface area contributed by atoms with E-state index in [0.29, 0.717) is 6.61 Å². The van der Waals surface area contributed by atoms with E-state index in [1.165, 1.54) is 11.1 Å². The molecule has 2 atom stereocenters. The zero-order chi connectivity index (χ0) is 22.2. The number of nitrogens with zero attached hydrogens (tertiary/aromatic N) is 2. The van der Waals surface area contributed by atoms with Crippen molar-refractivity contribution in [2.45, 2.75) is 38.6 Å². The Morgan fingerprint density at radius 3 is 2.66 bits per heavy atom. The van der Waals surface area contributed by atoms with Crippen LogP contribution >= 0.6 is 0 Å². The molecule has 0 aromatic heterocycles. The molecule has 0 saturated heterocycles. The molecular weight excluding hydrogens is 398 g/mol. The maximum Gasteiger partial charge on any atom is 0.257 e. The Morgan fingerprint density at radius 1 is 1.16 bits per heavy atom. The van der Waals surface area contributed by atoms with Crippen LogP contribution in [0.2, 0.25) is 0 Å². The van der Waals surface area contributed by atoms with Gasteiger partial charge < -0.3 is 10.1 Å². The Balaban J connectivity index is 1.55. The Bertz CT molecular complexity index is 940. The van der Waals surface area contributed by atoms with Crippen molar-refractivity contribution in [3.8, 4) is 0 Å². The van der Waals surface area contributed by atoms with E-state index < -0.39 is 0 Å². The Labute approximate surface area is 191 Å². The number of hydrazone groups is 1. The van der Waals surface area contributed by atoms with Gasteiger partial charge in [-0.1, -0.05) is 60.7 Å². The number of amides is 1. The summed E-state index contributed by atoms with van der Waals surface area (Å²) >= 11 is 0. The van der Waals surface area contributed by atoms with Gasteiger partial charge in [-0.2, -0.15) is 5.10 Å². The van der Waals surface area contributed by atoms with Crippen LogP contribution in [0.3, 0.4) is 0 Å². The molecule has 32 heavy (non-hydrogen) atoms. The Hall–Kier alpha value is -2.76. The summed E-state index contributed by atoms with van der Waals surface area (Å²) in [6.07, 6.45) is 6.31.